The van der Waals surface area contributed by atoms with Gasteiger partial charge in [0.15, 0.2) is 5.58 Å². The van der Waals surface area contributed by atoms with Gasteiger partial charge in [-0.2, -0.15) is 10.5 Å². The molecule has 1 atom stereocenters. The molecule has 2 N–H and O–H groups in total. The van der Waals surface area contributed by atoms with Crippen molar-refractivity contribution in [1.29, 1.82) is 10.5 Å². The molecular weight excluding hydrogens is 458 g/mol. The van der Waals surface area contributed by atoms with E-state index in [1.54, 1.807) is 18.0 Å². The first kappa shape index (κ1) is 23.5. The minimum absolute atomic E-state index is 0.0798. The van der Waals surface area contributed by atoms with E-state index in [2.05, 4.69) is 12.1 Å². The van der Waals surface area contributed by atoms with Crippen LogP contribution in [-0.2, 0) is 23.0 Å². The molecule has 1 aliphatic rings. The summed E-state index contributed by atoms with van der Waals surface area (Å²) in [6.07, 6.45) is -0.153. The maximum atomic E-state index is 11.8. The fraction of sp³-hybridized carbons (Fsp3) is 0.333. The molecule has 0 spiro atoms. The molecule has 1 saturated heterocycles. The summed E-state index contributed by atoms with van der Waals surface area (Å²) in [5, 5.41) is 20.3. The molecule has 1 fully saturated rings. The molecule has 174 valence electrons. The van der Waals surface area contributed by atoms with E-state index in [9.17, 15) is 20.1 Å². The zero-order valence-electron chi connectivity index (χ0n) is 18.5. The number of amides is 1. The highest BCUT2D eigenvalue weighted by Crippen LogP contribution is 2.31. The number of hydrogen-bond acceptors (Lipinski definition) is 7. The van der Waals surface area contributed by atoms with Crippen molar-refractivity contribution in [2.75, 3.05) is 19.7 Å². The number of rotatable bonds is 5. The maximum absolute atomic E-state index is 11.8. The predicted octanol–water partition coefficient (Wildman–Crippen LogP) is 2.36. The lowest BCUT2D eigenvalue weighted by atomic mass is 9.90. The first-order chi connectivity index (χ1) is 16.3. The monoisotopic (exact) mass is 479 g/mol. The van der Waals surface area contributed by atoms with E-state index in [1.807, 2.05) is 30.3 Å². The molecule has 1 aromatic heterocycles. The molecule has 0 aliphatic carbocycles. The van der Waals surface area contributed by atoms with Gasteiger partial charge in [-0.05, 0) is 35.2 Å². The average Bonchev–Trinajstić information content (AvgIpc) is 3.00. The number of nitriles is 2. The first-order valence-corrected chi connectivity index (χ1v) is 11.0. The second-order valence-corrected chi connectivity index (χ2v) is 8.66. The van der Waals surface area contributed by atoms with Crippen LogP contribution < -0.4 is 11.5 Å². The molecule has 2 aromatic carbocycles. The quantitative estimate of drug-likeness (QED) is 0.592. The molecule has 1 amide bonds. The van der Waals surface area contributed by atoms with Crippen LogP contribution in [0.1, 0.15) is 12.0 Å². The Bertz CT molecular complexity index is 1370. The van der Waals surface area contributed by atoms with Crippen molar-refractivity contribution in [3.05, 3.63) is 57.5 Å². The Labute approximate surface area is 200 Å². The van der Waals surface area contributed by atoms with Gasteiger partial charge in [-0.15, -0.1) is 0 Å². The summed E-state index contributed by atoms with van der Waals surface area (Å²) >= 11 is 6.32. The van der Waals surface area contributed by atoms with Gasteiger partial charge in [-0.3, -0.25) is 14.3 Å². The van der Waals surface area contributed by atoms with Gasteiger partial charge in [0.05, 0.1) is 10.5 Å². The van der Waals surface area contributed by atoms with Gasteiger partial charge < -0.3 is 14.9 Å². The second kappa shape index (κ2) is 9.32. The minimum Gasteiger partial charge on any atom is -0.406 e. The number of aromatic nitrogens is 1. The van der Waals surface area contributed by atoms with Crippen LogP contribution in [0.2, 0.25) is 5.02 Å². The van der Waals surface area contributed by atoms with Gasteiger partial charge >= 0.3 is 5.76 Å². The number of carbonyl (C=O) groups excluding carboxylic acids is 1. The number of nitrogens with two attached hydrogens (primary N) is 1. The molecule has 0 saturated carbocycles. The van der Waals surface area contributed by atoms with E-state index in [4.69, 9.17) is 26.5 Å². The third-order valence-electron chi connectivity index (χ3n) is 6.10. The van der Waals surface area contributed by atoms with E-state index in [1.165, 1.54) is 4.57 Å². The number of benzene rings is 2. The fourth-order valence-corrected chi connectivity index (χ4v) is 4.41. The Balaban J connectivity index is 1.62. The van der Waals surface area contributed by atoms with Crippen LogP contribution in [0.5, 0.6) is 0 Å². The highest BCUT2D eigenvalue weighted by Gasteiger charge is 2.40. The SMILES string of the molecule is Cn1c(=O)oc2c(Cl)cc(-c3ccc(CC(C#N)(C#N)N4CCCO[C@H](C(N)=O)C4)cc3)cc21. The van der Waals surface area contributed by atoms with Crippen LogP contribution in [0.25, 0.3) is 22.2 Å². The van der Waals surface area contributed by atoms with Gasteiger partial charge in [0.2, 0.25) is 11.4 Å². The summed E-state index contributed by atoms with van der Waals surface area (Å²) in [6, 6.07) is 15.2. The standard InChI is InChI=1S/C24H22ClN5O4/c1-29-19-10-17(9-18(25)21(19)34-23(29)32)16-5-3-15(4-6-16)11-24(13-26,14-27)30-7-2-8-33-20(12-30)22(28)31/h3-6,9-10,20H,2,7-8,11-12H2,1H3,(H2,28,31)/t20-/m0/s1. The summed E-state index contributed by atoms with van der Waals surface area (Å²) in [5.74, 6) is -1.11. The van der Waals surface area contributed by atoms with Crippen molar-refractivity contribution in [3.8, 4) is 23.3 Å². The summed E-state index contributed by atoms with van der Waals surface area (Å²) in [5.41, 5.74) is 7.27. The van der Waals surface area contributed by atoms with Gasteiger partial charge in [0.1, 0.15) is 18.2 Å². The highest BCUT2D eigenvalue weighted by atomic mass is 35.5. The largest absolute Gasteiger partial charge is 0.419 e. The molecule has 9 nitrogen and oxygen atoms in total. The summed E-state index contributed by atoms with van der Waals surface area (Å²) in [6.45, 7) is 0.849. The normalized spacial score (nSPS) is 17.1. The number of oxazole rings is 1. The van der Waals surface area contributed by atoms with Crippen LogP contribution in [0, 0.1) is 22.7 Å². The van der Waals surface area contributed by atoms with Crippen LogP contribution >= 0.6 is 11.6 Å². The Kier molecular flexibility index (Phi) is 6.45. The zero-order valence-corrected chi connectivity index (χ0v) is 19.2. The van der Waals surface area contributed by atoms with Gasteiger partial charge in [0.25, 0.3) is 0 Å². The van der Waals surface area contributed by atoms with Crippen molar-refractivity contribution in [2.45, 2.75) is 24.5 Å². The first-order valence-electron chi connectivity index (χ1n) is 10.6. The molecule has 0 radical (unpaired) electrons. The average molecular weight is 480 g/mol. The Morgan fingerprint density at radius 1 is 1.24 bits per heavy atom. The molecule has 3 aromatic rings. The van der Waals surface area contributed by atoms with Gasteiger partial charge in [-0.25, -0.2) is 4.79 Å². The third kappa shape index (κ3) is 4.29. The lowest BCUT2D eigenvalue weighted by molar-refractivity contribution is -0.129. The molecule has 34 heavy (non-hydrogen) atoms. The Hall–Kier alpha value is -3.63. The van der Waals surface area contributed by atoms with Crippen molar-refractivity contribution in [2.24, 2.45) is 12.8 Å². The van der Waals surface area contributed by atoms with E-state index in [0.29, 0.717) is 35.7 Å². The molecule has 1 aliphatic heterocycles. The number of nitrogens with zero attached hydrogens (tertiary/aromatic N) is 4. The van der Waals surface area contributed by atoms with Crippen LogP contribution in [-0.4, -0.2) is 46.7 Å². The minimum atomic E-state index is -1.47. The molecule has 0 bridgehead atoms. The molecule has 0 unspecified atom stereocenters. The zero-order chi connectivity index (χ0) is 24.5. The second-order valence-electron chi connectivity index (χ2n) is 8.25. The van der Waals surface area contributed by atoms with Crippen molar-refractivity contribution in [3.63, 3.8) is 0 Å². The number of primary amides is 1. The van der Waals surface area contributed by atoms with Crippen LogP contribution in [0.4, 0.5) is 0 Å². The highest BCUT2D eigenvalue weighted by molar-refractivity contribution is 6.35. The number of halogens is 1. The van der Waals surface area contributed by atoms with Crippen LogP contribution in [0.3, 0.4) is 0 Å². The van der Waals surface area contributed by atoms with Gasteiger partial charge in [0, 0.05) is 33.2 Å². The number of carbonyl (C=O) groups is 1. The summed E-state index contributed by atoms with van der Waals surface area (Å²) in [4.78, 5) is 25.2. The topological polar surface area (TPSA) is 138 Å². The third-order valence-corrected chi connectivity index (χ3v) is 6.38. The van der Waals surface area contributed by atoms with E-state index < -0.39 is 23.3 Å². The summed E-state index contributed by atoms with van der Waals surface area (Å²) in [7, 11) is 1.61. The van der Waals surface area contributed by atoms with Crippen LogP contribution in [0.15, 0.2) is 45.6 Å². The molecule has 2 heterocycles. The van der Waals surface area contributed by atoms with Gasteiger partial charge in [-0.1, -0.05) is 35.9 Å². The smallest absolute Gasteiger partial charge is 0.406 e. The summed E-state index contributed by atoms with van der Waals surface area (Å²) < 4.78 is 12.0. The molecule has 10 heteroatoms. The predicted molar refractivity (Wildman–Crippen MR) is 125 cm³/mol. The van der Waals surface area contributed by atoms with E-state index in [0.717, 1.165) is 16.7 Å². The number of fused-ring (bicyclic) bond motifs is 1. The van der Waals surface area contributed by atoms with Crippen molar-refractivity contribution < 1.29 is 13.9 Å². The fourth-order valence-electron chi connectivity index (χ4n) is 4.16. The molecule has 4 rings (SSSR count). The maximum Gasteiger partial charge on any atom is 0.419 e. The van der Waals surface area contributed by atoms with E-state index >= 15 is 0 Å². The van der Waals surface area contributed by atoms with E-state index in [-0.39, 0.29) is 13.0 Å². The Morgan fingerprint density at radius 2 is 1.94 bits per heavy atom. The number of ether oxygens (including phenoxy) is 1. The van der Waals surface area contributed by atoms with Crippen molar-refractivity contribution >= 4 is 28.6 Å². The lowest BCUT2D eigenvalue weighted by Gasteiger charge is -2.33. The molecular formula is C24H22ClN5O4. The van der Waals surface area contributed by atoms with Crippen molar-refractivity contribution in [1.82, 2.24) is 9.47 Å². The lowest BCUT2D eigenvalue weighted by Crippen LogP contribution is -2.52. The Morgan fingerprint density at radius 3 is 2.59 bits per heavy atom. The number of hydrogen-bond donors (Lipinski definition) is 1. The number of aryl methyl sites for hydroxylation is 1.